The zero-order valence-electron chi connectivity index (χ0n) is 17.3. The van der Waals surface area contributed by atoms with Gasteiger partial charge in [-0.1, -0.05) is 42.0 Å². The van der Waals surface area contributed by atoms with Gasteiger partial charge in [0.05, 0.1) is 21.6 Å². The van der Waals surface area contributed by atoms with E-state index in [1.54, 1.807) is 0 Å². The standard InChI is InChI=1S/C25H20N4O2S/c1-16-6-10-18(11-7-16)26-25-29-24(30)22(32-25)14-17-8-12-19(13-9-17)31-15-23-27-20-4-2-3-5-21(20)28-23/h2-14H,15H2,1H3,(H,27,28)(H,26,29,30)/b22-14-. The summed E-state index contributed by atoms with van der Waals surface area (Å²) in [6.07, 6.45) is 1.85. The van der Waals surface area contributed by atoms with E-state index in [1.165, 1.54) is 17.3 Å². The molecule has 1 aromatic heterocycles. The summed E-state index contributed by atoms with van der Waals surface area (Å²) in [5.41, 5.74) is 4.81. The van der Waals surface area contributed by atoms with Gasteiger partial charge >= 0.3 is 0 Å². The van der Waals surface area contributed by atoms with Crippen molar-refractivity contribution >= 4 is 45.6 Å². The Labute approximate surface area is 189 Å². The average Bonchev–Trinajstić information content (AvgIpc) is 3.37. The van der Waals surface area contributed by atoms with Crippen LogP contribution >= 0.6 is 11.8 Å². The third-order valence-electron chi connectivity index (χ3n) is 4.91. The number of ether oxygens (including phenoxy) is 1. The first kappa shape index (κ1) is 20.1. The van der Waals surface area contributed by atoms with E-state index >= 15 is 0 Å². The first-order valence-electron chi connectivity index (χ1n) is 10.2. The van der Waals surface area contributed by atoms with Crippen molar-refractivity contribution < 1.29 is 9.53 Å². The minimum atomic E-state index is -0.147. The van der Waals surface area contributed by atoms with Crippen LogP contribution in [0.4, 0.5) is 5.69 Å². The van der Waals surface area contributed by atoms with Crippen LogP contribution < -0.4 is 10.1 Å². The molecule has 1 saturated heterocycles. The highest BCUT2D eigenvalue weighted by molar-refractivity contribution is 8.18. The molecule has 0 radical (unpaired) electrons. The van der Waals surface area contributed by atoms with E-state index in [0.717, 1.165) is 33.9 Å². The number of hydrogen-bond acceptors (Lipinski definition) is 5. The van der Waals surface area contributed by atoms with Crippen LogP contribution in [0, 0.1) is 6.92 Å². The second-order valence-corrected chi connectivity index (χ2v) is 8.41. The molecule has 0 saturated carbocycles. The number of aromatic amines is 1. The van der Waals surface area contributed by atoms with Gasteiger partial charge in [-0.15, -0.1) is 0 Å². The van der Waals surface area contributed by atoms with Crippen LogP contribution in [0.3, 0.4) is 0 Å². The average molecular weight is 441 g/mol. The number of imidazole rings is 1. The number of aromatic nitrogens is 2. The molecule has 6 nitrogen and oxygen atoms in total. The molecular formula is C25H20N4O2S. The van der Waals surface area contributed by atoms with Crippen LogP contribution in [0.2, 0.25) is 0 Å². The number of carbonyl (C=O) groups excluding carboxylic acids is 1. The van der Waals surface area contributed by atoms with Gasteiger partial charge in [0.15, 0.2) is 5.17 Å². The van der Waals surface area contributed by atoms with Crippen LogP contribution in [0.1, 0.15) is 17.0 Å². The topological polar surface area (TPSA) is 79.4 Å². The number of H-pyrrole nitrogens is 1. The van der Waals surface area contributed by atoms with Crippen molar-refractivity contribution in [1.82, 2.24) is 15.3 Å². The van der Waals surface area contributed by atoms with E-state index in [1.807, 2.05) is 85.8 Å². The molecule has 0 aliphatic carbocycles. The molecule has 158 valence electrons. The van der Waals surface area contributed by atoms with Crippen molar-refractivity contribution in [2.24, 2.45) is 4.99 Å². The SMILES string of the molecule is Cc1ccc(N=C2NC(=O)/C(=C/c3ccc(OCc4nc5ccccc5[nH]4)cc3)S2)cc1. The third-order valence-corrected chi connectivity index (χ3v) is 5.82. The molecule has 1 amide bonds. The van der Waals surface area contributed by atoms with Gasteiger partial charge in [0.25, 0.3) is 5.91 Å². The maximum absolute atomic E-state index is 12.3. The summed E-state index contributed by atoms with van der Waals surface area (Å²) in [7, 11) is 0. The normalized spacial score (nSPS) is 16.1. The molecule has 3 aromatic carbocycles. The fraction of sp³-hybridized carbons (Fsp3) is 0.0800. The summed E-state index contributed by atoms with van der Waals surface area (Å²) in [6, 6.07) is 23.3. The maximum atomic E-state index is 12.3. The third kappa shape index (κ3) is 4.58. The first-order chi connectivity index (χ1) is 15.6. The lowest BCUT2D eigenvalue weighted by atomic mass is 10.2. The minimum Gasteiger partial charge on any atom is -0.486 e. The van der Waals surface area contributed by atoms with Gasteiger partial charge < -0.3 is 15.0 Å². The lowest BCUT2D eigenvalue weighted by Crippen LogP contribution is -2.19. The van der Waals surface area contributed by atoms with Gasteiger partial charge in [0, 0.05) is 0 Å². The second kappa shape index (κ2) is 8.72. The Balaban J connectivity index is 1.23. The molecular weight excluding hydrogens is 420 g/mol. The van der Waals surface area contributed by atoms with Crippen molar-refractivity contribution in [3.63, 3.8) is 0 Å². The van der Waals surface area contributed by atoms with E-state index < -0.39 is 0 Å². The summed E-state index contributed by atoms with van der Waals surface area (Å²) in [6.45, 7) is 2.38. The quantitative estimate of drug-likeness (QED) is 0.411. The molecule has 1 aliphatic heterocycles. The van der Waals surface area contributed by atoms with Gasteiger partial charge in [-0.25, -0.2) is 9.98 Å². The molecule has 0 bridgehead atoms. The molecule has 2 N–H and O–H groups in total. The number of fused-ring (bicyclic) bond motifs is 1. The number of amidine groups is 1. The number of aryl methyl sites for hydroxylation is 1. The summed E-state index contributed by atoms with van der Waals surface area (Å²) >= 11 is 1.33. The minimum absolute atomic E-state index is 0.147. The predicted molar refractivity (Wildman–Crippen MR) is 129 cm³/mol. The summed E-state index contributed by atoms with van der Waals surface area (Å²) in [4.78, 5) is 25.2. The zero-order chi connectivity index (χ0) is 21.9. The van der Waals surface area contributed by atoms with Crippen LogP contribution in [-0.4, -0.2) is 21.0 Å². The lowest BCUT2D eigenvalue weighted by molar-refractivity contribution is -0.115. The van der Waals surface area contributed by atoms with Crippen LogP contribution in [0.25, 0.3) is 17.1 Å². The Kier molecular flexibility index (Phi) is 5.47. The Morgan fingerprint density at radius 1 is 1.03 bits per heavy atom. The maximum Gasteiger partial charge on any atom is 0.264 e. The fourth-order valence-corrected chi connectivity index (χ4v) is 4.10. The van der Waals surface area contributed by atoms with Gasteiger partial charge in [0.2, 0.25) is 0 Å². The molecule has 32 heavy (non-hydrogen) atoms. The number of benzene rings is 3. The smallest absolute Gasteiger partial charge is 0.264 e. The number of para-hydroxylation sites is 2. The molecule has 0 spiro atoms. The van der Waals surface area contributed by atoms with E-state index in [2.05, 4.69) is 20.3 Å². The summed E-state index contributed by atoms with van der Waals surface area (Å²) in [5.74, 6) is 1.36. The number of amides is 1. The van der Waals surface area contributed by atoms with Crippen LogP contribution in [0.5, 0.6) is 5.75 Å². The van der Waals surface area contributed by atoms with E-state index in [4.69, 9.17) is 4.74 Å². The van der Waals surface area contributed by atoms with Crippen molar-refractivity contribution in [3.8, 4) is 5.75 Å². The van der Waals surface area contributed by atoms with Crippen molar-refractivity contribution in [1.29, 1.82) is 0 Å². The largest absolute Gasteiger partial charge is 0.486 e. The number of aliphatic imine (C=N–C) groups is 1. The number of carbonyl (C=O) groups is 1. The fourth-order valence-electron chi connectivity index (χ4n) is 3.25. The highest BCUT2D eigenvalue weighted by Crippen LogP contribution is 2.28. The van der Waals surface area contributed by atoms with Gasteiger partial charge in [0.1, 0.15) is 18.2 Å². The number of hydrogen-bond donors (Lipinski definition) is 2. The van der Waals surface area contributed by atoms with E-state index in [9.17, 15) is 4.79 Å². The molecule has 1 fully saturated rings. The second-order valence-electron chi connectivity index (χ2n) is 7.38. The molecule has 5 rings (SSSR count). The van der Waals surface area contributed by atoms with Gasteiger partial charge in [-0.3, -0.25) is 4.79 Å². The zero-order valence-corrected chi connectivity index (χ0v) is 18.1. The molecule has 7 heteroatoms. The monoisotopic (exact) mass is 440 g/mol. The highest BCUT2D eigenvalue weighted by Gasteiger charge is 2.23. The van der Waals surface area contributed by atoms with E-state index in [-0.39, 0.29) is 5.91 Å². The van der Waals surface area contributed by atoms with E-state index in [0.29, 0.717) is 16.7 Å². The Morgan fingerprint density at radius 2 is 1.81 bits per heavy atom. The number of nitrogens with one attached hydrogen (secondary N) is 2. The summed E-state index contributed by atoms with van der Waals surface area (Å²) < 4.78 is 5.84. The first-order valence-corrected chi connectivity index (χ1v) is 11.0. The molecule has 2 heterocycles. The number of nitrogens with zero attached hydrogens (tertiary/aromatic N) is 2. The Morgan fingerprint density at radius 3 is 2.59 bits per heavy atom. The van der Waals surface area contributed by atoms with Gasteiger partial charge in [-0.2, -0.15) is 0 Å². The Bertz CT molecular complexity index is 1310. The summed E-state index contributed by atoms with van der Waals surface area (Å²) in [5, 5.41) is 3.40. The number of thioether (sulfide) groups is 1. The van der Waals surface area contributed by atoms with Crippen molar-refractivity contribution in [2.75, 3.05) is 0 Å². The van der Waals surface area contributed by atoms with Gasteiger partial charge in [-0.05, 0) is 66.7 Å². The van der Waals surface area contributed by atoms with Crippen LogP contribution in [0.15, 0.2) is 82.7 Å². The Hall–Kier alpha value is -3.84. The molecule has 0 atom stereocenters. The van der Waals surface area contributed by atoms with Crippen LogP contribution in [-0.2, 0) is 11.4 Å². The predicted octanol–water partition coefficient (Wildman–Crippen LogP) is 5.34. The number of rotatable bonds is 5. The van der Waals surface area contributed by atoms with Crippen molar-refractivity contribution in [2.45, 2.75) is 13.5 Å². The molecule has 4 aromatic rings. The van der Waals surface area contributed by atoms with Crippen molar-refractivity contribution in [3.05, 3.63) is 94.7 Å². The lowest BCUT2D eigenvalue weighted by Gasteiger charge is -2.04. The molecule has 0 unspecified atom stereocenters. The molecule has 1 aliphatic rings. The highest BCUT2D eigenvalue weighted by atomic mass is 32.2.